The third-order valence-corrected chi connectivity index (χ3v) is 3.49. The van der Waals surface area contributed by atoms with Crippen LogP contribution in [0.4, 0.5) is 5.95 Å². The average molecular weight is 273 g/mol. The lowest BCUT2D eigenvalue weighted by molar-refractivity contribution is 0.600. The van der Waals surface area contributed by atoms with E-state index in [1.165, 1.54) is 24.5 Å². The molecule has 1 N–H and O–H groups in total. The predicted molar refractivity (Wildman–Crippen MR) is 63.3 cm³/mol. The second kappa shape index (κ2) is 4.34. The van der Waals surface area contributed by atoms with Crippen molar-refractivity contribution < 1.29 is 8.42 Å². The first-order valence-electron chi connectivity index (χ1n) is 4.61. The van der Waals surface area contributed by atoms with E-state index in [4.69, 9.17) is 11.6 Å². The number of sulfonamides is 1. The Labute approximate surface area is 103 Å². The lowest BCUT2D eigenvalue weighted by Gasteiger charge is -2.04. The molecule has 0 aliphatic heterocycles. The van der Waals surface area contributed by atoms with E-state index in [9.17, 15) is 8.42 Å². The Morgan fingerprint density at radius 3 is 2.76 bits per heavy atom. The largest absolute Gasteiger partial charge is 0.356 e. The number of hydrogen-bond acceptors (Lipinski definition) is 4. The number of aromatic nitrogens is 3. The van der Waals surface area contributed by atoms with Gasteiger partial charge in [0.15, 0.2) is 0 Å². The molecule has 0 aliphatic carbocycles. The molecular weight excluding hydrogens is 264 g/mol. The minimum atomic E-state index is -3.66. The molecule has 0 bridgehead atoms. The lowest BCUT2D eigenvalue weighted by Crippen LogP contribution is -2.14. The second-order valence-corrected chi connectivity index (χ2v) is 5.39. The van der Waals surface area contributed by atoms with E-state index in [1.54, 1.807) is 17.8 Å². The van der Waals surface area contributed by atoms with Crippen molar-refractivity contribution in [3.8, 4) is 0 Å². The Bertz CT molecular complexity index is 638. The molecule has 0 fully saturated rings. The van der Waals surface area contributed by atoms with E-state index in [-0.39, 0.29) is 16.0 Å². The highest BCUT2D eigenvalue weighted by molar-refractivity contribution is 7.92. The summed E-state index contributed by atoms with van der Waals surface area (Å²) < 4.78 is 27.6. The van der Waals surface area contributed by atoms with Crippen molar-refractivity contribution >= 4 is 27.6 Å². The standard InChI is InChI=1S/C9H9ClN4O2S/c1-14-5-3-7(6-14)17(15,16)13-9-11-4-2-8(10)12-9/h2-6H,1H3,(H,11,12,13). The van der Waals surface area contributed by atoms with Gasteiger partial charge in [0.25, 0.3) is 10.0 Å². The van der Waals surface area contributed by atoms with E-state index < -0.39 is 10.0 Å². The van der Waals surface area contributed by atoms with Gasteiger partial charge < -0.3 is 4.57 Å². The summed E-state index contributed by atoms with van der Waals surface area (Å²) in [6.45, 7) is 0. The lowest BCUT2D eigenvalue weighted by atomic mass is 10.7. The van der Waals surface area contributed by atoms with Gasteiger partial charge in [-0.2, -0.15) is 0 Å². The first-order chi connectivity index (χ1) is 7.97. The highest BCUT2D eigenvalue weighted by Crippen LogP contribution is 2.13. The smallest absolute Gasteiger partial charge is 0.265 e. The quantitative estimate of drug-likeness (QED) is 0.854. The molecule has 2 aromatic rings. The van der Waals surface area contributed by atoms with Crippen LogP contribution in [0, 0.1) is 0 Å². The van der Waals surface area contributed by atoms with E-state index in [0.29, 0.717) is 0 Å². The van der Waals surface area contributed by atoms with Gasteiger partial charge in [-0.1, -0.05) is 11.6 Å². The molecule has 90 valence electrons. The van der Waals surface area contributed by atoms with Crippen LogP contribution < -0.4 is 4.72 Å². The van der Waals surface area contributed by atoms with Crippen LogP contribution in [-0.2, 0) is 17.1 Å². The molecule has 0 aliphatic rings. The van der Waals surface area contributed by atoms with E-state index in [1.807, 2.05) is 0 Å². The summed E-state index contributed by atoms with van der Waals surface area (Å²) in [5, 5.41) is 0.172. The van der Waals surface area contributed by atoms with E-state index in [2.05, 4.69) is 14.7 Å². The van der Waals surface area contributed by atoms with Crippen molar-refractivity contribution in [3.63, 3.8) is 0 Å². The third kappa shape index (κ3) is 2.75. The van der Waals surface area contributed by atoms with Crippen molar-refractivity contribution in [1.29, 1.82) is 0 Å². The van der Waals surface area contributed by atoms with Crippen molar-refractivity contribution in [1.82, 2.24) is 14.5 Å². The summed E-state index contributed by atoms with van der Waals surface area (Å²) in [6.07, 6.45) is 4.48. The minimum absolute atomic E-state index is 0.0543. The highest BCUT2D eigenvalue weighted by atomic mass is 35.5. The second-order valence-electron chi connectivity index (χ2n) is 3.32. The summed E-state index contributed by atoms with van der Waals surface area (Å²) in [5.41, 5.74) is 0. The molecule has 2 rings (SSSR count). The molecule has 0 radical (unpaired) electrons. The topological polar surface area (TPSA) is 76.9 Å². The summed E-state index contributed by atoms with van der Waals surface area (Å²) in [6, 6.07) is 2.94. The van der Waals surface area contributed by atoms with Crippen LogP contribution in [0.2, 0.25) is 5.15 Å². The fraction of sp³-hybridized carbons (Fsp3) is 0.111. The maximum absolute atomic E-state index is 11.9. The molecule has 0 unspecified atom stereocenters. The number of anilines is 1. The van der Waals surface area contributed by atoms with Gasteiger partial charge in [0.1, 0.15) is 10.0 Å². The summed E-state index contributed by atoms with van der Waals surface area (Å²) in [4.78, 5) is 7.65. The zero-order valence-corrected chi connectivity index (χ0v) is 10.4. The van der Waals surface area contributed by atoms with Gasteiger partial charge in [0.2, 0.25) is 5.95 Å². The minimum Gasteiger partial charge on any atom is -0.356 e. The molecule has 17 heavy (non-hydrogen) atoms. The Morgan fingerprint density at radius 2 is 2.18 bits per heavy atom. The zero-order valence-electron chi connectivity index (χ0n) is 8.83. The Balaban J connectivity index is 2.29. The number of halogens is 1. The SMILES string of the molecule is Cn1ccc(S(=O)(=O)Nc2nccc(Cl)n2)c1. The van der Waals surface area contributed by atoms with Gasteiger partial charge in [-0.05, 0) is 12.1 Å². The maximum Gasteiger partial charge on any atom is 0.265 e. The molecule has 2 heterocycles. The number of nitrogens with one attached hydrogen (secondary N) is 1. The highest BCUT2D eigenvalue weighted by Gasteiger charge is 2.16. The third-order valence-electron chi connectivity index (χ3n) is 1.96. The fourth-order valence-electron chi connectivity index (χ4n) is 1.20. The molecule has 6 nitrogen and oxygen atoms in total. The van der Waals surface area contributed by atoms with Crippen molar-refractivity contribution in [3.05, 3.63) is 35.9 Å². The van der Waals surface area contributed by atoms with Crippen molar-refractivity contribution in [2.75, 3.05) is 4.72 Å². The first kappa shape index (κ1) is 11.9. The van der Waals surface area contributed by atoms with Crippen LogP contribution in [0.3, 0.4) is 0 Å². The number of nitrogens with zero attached hydrogens (tertiary/aromatic N) is 3. The predicted octanol–water partition coefficient (Wildman–Crippen LogP) is 1.27. The maximum atomic E-state index is 11.9. The Morgan fingerprint density at radius 1 is 1.41 bits per heavy atom. The van der Waals surface area contributed by atoms with E-state index >= 15 is 0 Å². The van der Waals surface area contributed by atoms with Gasteiger partial charge >= 0.3 is 0 Å². The molecule has 0 atom stereocenters. The molecule has 0 amide bonds. The fourth-order valence-corrected chi connectivity index (χ4v) is 2.34. The van der Waals surface area contributed by atoms with Crippen LogP contribution in [0.1, 0.15) is 0 Å². The van der Waals surface area contributed by atoms with Crippen LogP contribution in [0.5, 0.6) is 0 Å². The zero-order chi connectivity index (χ0) is 12.5. The average Bonchev–Trinajstić information content (AvgIpc) is 2.65. The number of hydrogen-bond donors (Lipinski definition) is 1. The molecule has 0 spiro atoms. The van der Waals surface area contributed by atoms with Gasteiger partial charge in [-0.3, -0.25) is 0 Å². The molecule has 2 aromatic heterocycles. The molecule has 0 aromatic carbocycles. The molecule has 0 saturated heterocycles. The van der Waals surface area contributed by atoms with Gasteiger partial charge in [-0.15, -0.1) is 0 Å². The van der Waals surface area contributed by atoms with Crippen LogP contribution in [0.25, 0.3) is 0 Å². The van der Waals surface area contributed by atoms with Crippen LogP contribution >= 0.6 is 11.6 Å². The monoisotopic (exact) mass is 272 g/mol. The Hall–Kier alpha value is -1.60. The van der Waals surface area contributed by atoms with Crippen molar-refractivity contribution in [2.45, 2.75) is 4.90 Å². The van der Waals surface area contributed by atoms with Crippen LogP contribution in [0.15, 0.2) is 35.6 Å². The number of aryl methyl sites for hydroxylation is 1. The van der Waals surface area contributed by atoms with Gasteiger partial charge in [-0.25, -0.2) is 23.1 Å². The molecule has 8 heteroatoms. The summed E-state index contributed by atoms with van der Waals surface area (Å²) in [5.74, 6) is -0.0543. The van der Waals surface area contributed by atoms with Crippen LogP contribution in [-0.4, -0.2) is 23.0 Å². The van der Waals surface area contributed by atoms with Gasteiger partial charge in [0, 0.05) is 25.6 Å². The molecular formula is C9H9ClN4O2S. The normalized spacial score (nSPS) is 11.4. The van der Waals surface area contributed by atoms with Gasteiger partial charge in [0.05, 0.1) is 0 Å². The van der Waals surface area contributed by atoms with E-state index in [0.717, 1.165) is 0 Å². The number of rotatable bonds is 3. The molecule has 0 saturated carbocycles. The first-order valence-corrected chi connectivity index (χ1v) is 6.47. The summed E-state index contributed by atoms with van der Waals surface area (Å²) in [7, 11) is -1.93. The van der Waals surface area contributed by atoms with Crippen molar-refractivity contribution in [2.24, 2.45) is 7.05 Å². The summed E-state index contributed by atoms with van der Waals surface area (Å²) >= 11 is 5.63. The Kier molecular flexibility index (Phi) is 3.03.